The number of rotatable bonds is 6. The van der Waals surface area contributed by atoms with E-state index >= 15 is 0 Å². The van der Waals surface area contributed by atoms with Crippen LogP contribution in [0.3, 0.4) is 0 Å². The summed E-state index contributed by atoms with van der Waals surface area (Å²) in [5.74, 6) is -14.8. The molecule has 0 amide bonds. The third-order valence-corrected chi connectivity index (χ3v) is 10.7. The van der Waals surface area contributed by atoms with E-state index in [9.17, 15) is 80.5 Å². The highest BCUT2D eigenvalue weighted by atomic mass is 16.6. The number of ether oxygens (including phenoxy) is 4. The van der Waals surface area contributed by atoms with Gasteiger partial charge in [-0.2, -0.15) is 0 Å². The van der Waals surface area contributed by atoms with E-state index < -0.39 is 146 Å². The van der Waals surface area contributed by atoms with Crippen LogP contribution in [0.5, 0.6) is 80.5 Å². The van der Waals surface area contributed by atoms with Gasteiger partial charge in [0, 0.05) is 60.2 Å². The predicted octanol–water partition coefficient (Wildman–Crippen LogP) is 3.82. The van der Waals surface area contributed by atoms with Crippen LogP contribution in [0.1, 0.15) is 65.9 Å². The van der Waals surface area contributed by atoms with Gasteiger partial charge in [-0.3, -0.25) is 9.59 Å². The molecule has 12 N–H and O–H groups in total. The molecule has 63 heavy (non-hydrogen) atoms. The normalized spacial score (nSPS) is 19.0. The van der Waals surface area contributed by atoms with Gasteiger partial charge in [-0.25, -0.2) is 9.59 Å². The standard InChI is InChI=1S/C43H32O20/c44-17-7-23(46)21-12-33(62-42(58)15-3-25(48)36(54)26(49)4-15)40(60-31(21)9-17)14-1-19-20(11-30(53)39(57)35(19)38(56)29(52)2-14)41-34(13-22-24(47)8-18(45)10-32(22)61-41)63-43(59)16-5-27(50)37(55)28(51)6-16/h1,3-11,33-34,40-41,44-51,53-55,57H,2,12-13H2/t33?,34-,40?,41-/m1/s1. The zero-order chi connectivity index (χ0) is 45.3. The molecule has 0 fully saturated rings. The molecule has 0 radical (unpaired) electrons. The highest BCUT2D eigenvalue weighted by Crippen LogP contribution is 2.49. The van der Waals surface area contributed by atoms with Crippen molar-refractivity contribution in [2.75, 3.05) is 0 Å². The molecular formula is C43H32O20. The van der Waals surface area contributed by atoms with Gasteiger partial charge in [0.2, 0.25) is 11.6 Å². The molecule has 2 heterocycles. The molecule has 0 bridgehead atoms. The van der Waals surface area contributed by atoms with Gasteiger partial charge in [0.15, 0.2) is 58.2 Å². The van der Waals surface area contributed by atoms with Gasteiger partial charge in [0.1, 0.15) is 46.7 Å². The number of aromatic hydroxyl groups is 12. The van der Waals surface area contributed by atoms with Gasteiger partial charge in [-0.05, 0) is 41.5 Å². The van der Waals surface area contributed by atoms with E-state index in [0.717, 1.165) is 60.7 Å². The monoisotopic (exact) mass is 868 g/mol. The van der Waals surface area contributed by atoms with Gasteiger partial charge in [0.05, 0.1) is 16.7 Å². The van der Waals surface area contributed by atoms with Gasteiger partial charge >= 0.3 is 11.9 Å². The zero-order valence-corrected chi connectivity index (χ0v) is 31.8. The maximum Gasteiger partial charge on any atom is 0.338 e. The number of fused-ring (bicyclic) bond motifs is 3. The van der Waals surface area contributed by atoms with Crippen molar-refractivity contribution in [2.24, 2.45) is 0 Å². The van der Waals surface area contributed by atoms with E-state index in [4.69, 9.17) is 18.9 Å². The second-order valence-electron chi connectivity index (χ2n) is 14.8. The Morgan fingerprint density at radius 3 is 1.43 bits per heavy atom. The maximum absolute atomic E-state index is 13.9. The predicted molar refractivity (Wildman–Crippen MR) is 208 cm³/mol. The minimum absolute atomic E-state index is 0.00414. The minimum Gasteiger partial charge on any atom is -0.508 e. The van der Waals surface area contributed by atoms with Crippen molar-refractivity contribution in [3.63, 3.8) is 0 Å². The van der Waals surface area contributed by atoms with Crippen molar-refractivity contribution in [1.82, 2.24) is 0 Å². The lowest BCUT2D eigenvalue weighted by Crippen LogP contribution is -2.42. The fourth-order valence-electron chi connectivity index (χ4n) is 7.67. The highest BCUT2D eigenvalue weighted by molar-refractivity contribution is 6.46. The number of esters is 2. The largest absolute Gasteiger partial charge is 0.508 e. The summed E-state index contributed by atoms with van der Waals surface area (Å²) in [5.41, 5.74) is -2.48. The number of ketones is 2. The number of hydrogen-bond donors (Lipinski definition) is 12. The van der Waals surface area contributed by atoms with Crippen LogP contribution in [0.25, 0.3) is 6.08 Å². The quantitative estimate of drug-likeness (QED) is 0.0655. The van der Waals surface area contributed by atoms with Crippen LogP contribution in [0.4, 0.5) is 0 Å². The molecule has 0 saturated carbocycles. The smallest absolute Gasteiger partial charge is 0.338 e. The SMILES string of the molecule is O=C1CC(C2Oc3cc(O)cc(O)c3CC2OC(=O)c2cc(O)c(O)c(O)c2)=Cc2c([C@H]3Oc4cc(O)cc(O)c4C[C@H]3OC(=O)c3cc(O)c(O)c(O)c3)cc(O)c(O)c2C1=O. The Balaban J connectivity index is 1.28. The van der Waals surface area contributed by atoms with E-state index in [1.807, 2.05) is 0 Å². The Morgan fingerprint density at radius 1 is 0.524 bits per heavy atom. The van der Waals surface area contributed by atoms with Gasteiger partial charge in [0.25, 0.3) is 0 Å². The van der Waals surface area contributed by atoms with E-state index in [0.29, 0.717) is 0 Å². The summed E-state index contributed by atoms with van der Waals surface area (Å²) in [6.07, 6.45) is -6.79. The van der Waals surface area contributed by atoms with Gasteiger partial charge < -0.3 is 80.2 Å². The molecule has 0 spiro atoms. The first kappa shape index (κ1) is 41.1. The summed E-state index contributed by atoms with van der Waals surface area (Å²) in [6.45, 7) is 0. The van der Waals surface area contributed by atoms with Crippen LogP contribution >= 0.6 is 0 Å². The van der Waals surface area contributed by atoms with E-state index in [1.54, 1.807) is 0 Å². The Bertz CT molecular complexity index is 2810. The van der Waals surface area contributed by atoms with E-state index in [1.165, 1.54) is 0 Å². The average Bonchev–Trinajstić information content (AvgIpc) is 3.35. The summed E-state index contributed by atoms with van der Waals surface area (Å²) in [4.78, 5) is 54.8. The van der Waals surface area contributed by atoms with Crippen LogP contribution in [0, 0.1) is 0 Å². The van der Waals surface area contributed by atoms with Gasteiger partial charge in [-0.1, -0.05) is 6.08 Å². The number of phenolic OH excluding ortho intramolecular Hbond substituents is 12. The molecular weight excluding hydrogens is 836 g/mol. The van der Waals surface area contributed by atoms with Crippen LogP contribution in [-0.2, 0) is 27.1 Å². The second-order valence-corrected chi connectivity index (χ2v) is 14.8. The number of phenols is 12. The van der Waals surface area contributed by atoms with Crippen molar-refractivity contribution < 1.29 is 99.4 Å². The average molecular weight is 869 g/mol. The summed E-state index contributed by atoms with van der Waals surface area (Å²) in [6, 6.07) is 8.16. The van der Waals surface area contributed by atoms with Crippen molar-refractivity contribution in [2.45, 2.75) is 43.7 Å². The minimum atomic E-state index is -1.66. The molecule has 5 aromatic carbocycles. The van der Waals surface area contributed by atoms with E-state index in [2.05, 4.69) is 0 Å². The van der Waals surface area contributed by atoms with Crippen molar-refractivity contribution in [3.8, 4) is 80.5 Å². The first-order chi connectivity index (χ1) is 29.8. The lowest BCUT2D eigenvalue weighted by Gasteiger charge is -2.36. The first-order valence-corrected chi connectivity index (χ1v) is 18.5. The number of benzene rings is 5. The Labute approximate surface area is 351 Å². The number of Topliss-reactive ketones (excluding diaryl/α,β-unsaturated/α-hetero) is 2. The fraction of sp³-hybridized carbons (Fsp3) is 0.163. The van der Waals surface area contributed by atoms with Crippen molar-refractivity contribution in [1.29, 1.82) is 0 Å². The summed E-state index contributed by atoms with van der Waals surface area (Å²) in [5, 5.41) is 124. The molecule has 20 nitrogen and oxygen atoms in total. The molecule has 4 atom stereocenters. The molecule has 2 aliphatic heterocycles. The topological polar surface area (TPSA) is 348 Å². The molecule has 20 heteroatoms. The maximum atomic E-state index is 13.9. The first-order valence-electron chi connectivity index (χ1n) is 18.5. The van der Waals surface area contributed by atoms with Crippen LogP contribution < -0.4 is 9.47 Å². The molecule has 3 aliphatic rings. The Hall–Kier alpha value is -8.68. The summed E-state index contributed by atoms with van der Waals surface area (Å²) < 4.78 is 23.9. The van der Waals surface area contributed by atoms with Crippen LogP contribution in [-0.4, -0.2) is 103 Å². The molecule has 8 rings (SSSR count). The summed E-state index contributed by atoms with van der Waals surface area (Å²) in [7, 11) is 0. The zero-order valence-electron chi connectivity index (χ0n) is 31.8. The molecule has 324 valence electrons. The lowest BCUT2D eigenvalue weighted by atomic mass is 9.87. The molecule has 2 unspecified atom stereocenters. The van der Waals surface area contributed by atoms with Crippen molar-refractivity contribution >= 4 is 29.6 Å². The Morgan fingerprint density at radius 2 is 0.952 bits per heavy atom. The molecule has 0 saturated heterocycles. The number of carbonyl (C=O) groups is 4. The van der Waals surface area contributed by atoms with Gasteiger partial charge in [-0.15, -0.1) is 0 Å². The fourth-order valence-corrected chi connectivity index (χ4v) is 7.67. The van der Waals surface area contributed by atoms with E-state index in [-0.39, 0.29) is 45.7 Å². The lowest BCUT2D eigenvalue weighted by molar-refractivity contribution is -0.114. The number of carbonyl (C=O) groups excluding carboxylic acids is 4. The third-order valence-electron chi connectivity index (χ3n) is 10.7. The highest BCUT2D eigenvalue weighted by Gasteiger charge is 2.44. The third kappa shape index (κ3) is 7.23. The van der Waals surface area contributed by atoms with Crippen LogP contribution in [0.15, 0.2) is 60.2 Å². The molecule has 5 aromatic rings. The van der Waals surface area contributed by atoms with Crippen molar-refractivity contribution in [3.05, 3.63) is 99.1 Å². The molecule has 0 aromatic heterocycles. The number of hydrogen-bond acceptors (Lipinski definition) is 20. The Kier molecular flexibility index (Phi) is 9.84. The van der Waals surface area contributed by atoms with Crippen LogP contribution in [0.2, 0.25) is 0 Å². The second kappa shape index (κ2) is 15.1. The summed E-state index contributed by atoms with van der Waals surface area (Å²) >= 11 is 0. The molecule has 1 aliphatic carbocycles.